The lowest BCUT2D eigenvalue weighted by Crippen LogP contribution is -2.21. The lowest BCUT2D eigenvalue weighted by molar-refractivity contribution is 0.801. The van der Waals surface area contributed by atoms with E-state index in [1.807, 2.05) is 48.8 Å². The van der Waals surface area contributed by atoms with Crippen LogP contribution in [0.5, 0.6) is 0 Å². The van der Waals surface area contributed by atoms with Gasteiger partial charge in [-0.2, -0.15) is 0 Å². The highest BCUT2D eigenvalue weighted by atomic mass is 35.5. The number of hydrogen-bond acceptors (Lipinski definition) is 6. The average molecular weight is 703 g/mol. The lowest BCUT2D eigenvalue weighted by Gasteiger charge is -2.17. The summed E-state index contributed by atoms with van der Waals surface area (Å²) in [6.45, 7) is 3.69. The molecule has 0 saturated carbocycles. The Morgan fingerprint density at radius 3 is 1.13 bits per heavy atom. The quantitative estimate of drug-likeness (QED) is 0.277. The van der Waals surface area contributed by atoms with Crippen molar-refractivity contribution < 1.29 is 16.4 Å². The van der Waals surface area contributed by atoms with Gasteiger partial charge >= 0.3 is 0 Å². The summed E-state index contributed by atoms with van der Waals surface area (Å²) in [5.41, 5.74) is 4.78. The number of benzene rings is 2. The molecule has 2 unspecified atom stereocenters. The highest BCUT2D eigenvalue weighted by Crippen LogP contribution is 2.28. The number of rotatable bonds is 8. The summed E-state index contributed by atoms with van der Waals surface area (Å²) in [5, 5.41) is 6.70. The van der Waals surface area contributed by atoms with Crippen molar-refractivity contribution in [1.29, 1.82) is 0 Å². The van der Waals surface area contributed by atoms with Gasteiger partial charge in [-0.25, -0.2) is 0 Å². The van der Waals surface area contributed by atoms with Crippen LogP contribution in [-0.2, 0) is 0 Å². The second-order valence-corrected chi connectivity index (χ2v) is 9.35. The van der Waals surface area contributed by atoms with E-state index in [0.717, 1.165) is 62.1 Å². The molecule has 2 aromatic carbocycles. The summed E-state index contributed by atoms with van der Waals surface area (Å²) in [6, 6.07) is 33.2. The minimum Gasteiger partial charge on any atom is -0.412 e. The van der Waals surface area contributed by atoms with Gasteiger partial charge in [0.15, 0.2) is 0 Å². The predicted octanol–water partition coefficient (Wildman–Crippen LogP) is 4.42. The normalized spacial score (nSPS) is 13.2. The van der Waals surface area contributed by atoms with E-state index in [0.29, 0.717) is 0 Å². The van der Waals surface area contributed by atoms with Gasteiger partial charge in [-0.1, -0.05) is 72.8 Å². The molecule has 248 valence electrons. The first-order chi connectivity index (χ1) is 18.9. The maximum absolute atomic E-state index is 4.51. The van der Waals surface area contributed by atoms with Crippen LogP contribution >= 0.6 is 49.6 Å². The molecule has 8 N–H and O–H groups in total. The Balaban J connectivity index is -0.000000678. The molecule has 13 heteroatoms. The number of halogens is 4. The van der Waals surface area contributed by atoms with Gasteiger partial charge in [0, 0.05) is 61.5 Å². The van der Waals surface area contributed by atoms with Gasteiger partial charge < -0.3 is 27.1 Å². The number of aliphatic imine (C=N–C) groups is 2. The first kappa shape index (κ1) is 46.1. The van der Waals surface area contributed by atoms with E-state index in [2.05, 4.69) is 91.3 Å². The molecule has 0 aliphatic carbocycles. The maximum atomic E-state index is 4.51. The summed E-state index contributed by atoms with van der Waals surface area (Å²) in [5.74, 6) is 2.73. The summed E-state index contributed by atoms with van der Waals surface area (Å²) < 4.78 is 0. The van der Waals surface area contributed by atoms with Gasteiger partial charge in [0.2, 0.25) is 0 Å². The number of amidine groups is 2. The first-order valence-electron chi connectivity index (χ1n) is 13.3. The molecule has 9 nitrogen and oxygen atoms in total. The van der Waals surface area contributed by atoms with Crippen molar-refractivity contribution in [1.82, 2.24) is 20.6 Å². The molecule has 2 aliphatic heterocycles. The van der Waals surface area contributed by atoms with Crippen LogP contribution in [0.2, 0.25) is 0 Å². The largest absolute Gasteiger partial charge is 0.412 e. The van der Waals surface area contributed by atoms with E-state index in [-0.39, 0.29) is 77.9 Å². The third kappa shape index (κ3) is 13.7. The van der Waals surface area contributed by atoms with Gasteiger partial charge in [-0.3, -0.25) is 20.0 Å². The number of aromatic nitrogens is 2. The zero-order valence-corrected chi connectivity index (χ0v) is 28.0. The molecule has 0 amide bonds. The second-order valence-electron chi connectivity index (χ2n) is 9.35. The van der Waals surface area contributed by atoms with E-state index in [4.69, 9.17) is 0 Å². The van der Waals surface area contributed by atoms with E-state index < -0.39 is 0 Å². The van der Waals surface area contributed by atoms with Gasteiger partial charge in [-0.15, -0.1) is 49.6 Å². The molecular weight excluding hydrogens is 658 g/mol. The molecule has 2 atom stereocenters. The smallest absolute Gasteiger partial charge is 0.0974 e. The highest BCUT2D eigenvalue weighted by Gasteiger charge is 2.20. The second kappa shape index (κ2) is 25.0. The average Bonchev–Trinajstić information content (AvgIpc) is 3.72. The summed E-state index contributed by atoms with van der Waals surface area (Å²) in [6.07, 6.45) is 5.49. The Morgan fingerprint density at radius 2 is 0.844 bits per heavy atom. The van der Waals surface area contributed by atoms with Gasteiger partial charge in [-0.05, 0) is 35.4 Å². The van der Waals surface area contributed by atoms with Gasteiger partial charge in [0.05, 0.1) is 24.8 Å². The van der Waals surface area contributed by atoms with Crippen LogP contribution < -0.4 is 10.6 Å². The van der Waals surface area contributed by atoms with Crippen LogP contribution in [0, 0.1) is 0 Å². The fourth-order valence-electron chi connectivity index (χ4n) is 4.88. The molecular formula is C32H44Cl4N6O3. The minimum absolute atomic E-state index is 0. The Morgan fingerprint density at radius 1 is 0.489 bits per heavy atom. The molecule has 2 aromatic heterocycles. The maximum Gasteiger partial charge on any atom is 0.0974 e. The van der Waals surface area contributed by atoms with Crippen LogP contribution in [0.25, 0.3) is 0 Å². The highest BCUT2D eigenvalue weighted by molar-refractivity contribution is 5.86. The number of nitrogens with one attached hydrogen (secondary N) is 2. The third-order valence-corrected chi connectivity index (χ3v) is 6.78. The van der Waals surface area contributed by atoms with Crippen molar-refractivity contribution in [3.05, 3.63) is 132 Å². The summed E-state index contributed by atoms with van der Waals surface area (Å²) in [7, 11) is 0. The molecule has 0 saturated heterocycles. The van der Waals surface area contributed by atoms with Gasteiger partial charge in [0.1, 0.15) is 0 Å². The molecule has 4 heterocycles. The molecule has 6 rings (SSSR count). The summed E-state index contributed by atoms with van der Waals surface area (Å²) in [4.78, 5) is 18.0. The van der Waals surface area contributed by atoms with Crippen LogP contribution in [-0.4, -0.2) is 64.2 Å². The monoisotopic (exact) mass is 700 g/mol. The Labute approximate surface area is 290 Å². The molecule has 0 spiro atoms. The van der Waals surface area contributed by atoms with Crippen LogP contribution in [0.3, 0.4) is 0 Å². The zero-order chi connectivity index (χ0) is 25.8. The van der Waals surface area contributed by atoms with Crippen molar-refractivity contribution in [2.24, 2.45) is 9.98 Å². The van der Waals surface area contributed by atoms with Crippen molar-refractivity contribution in [3.63, 3.8) is 0 Å². The van der Waals surface area contributed by atoms with Crippen molar-refractivity contribution >= 4 is 61.3 Å². The Bertz CT molecular complexity index is 1160. The SMILES string of the molecule is Cl.Cl.Cl.Cl.O.O.O.c1ccc(C(CC2=NCCN2)c2ccccn2)cc1.c1ccc(C(CC2=NCCN2)c2ccccn2)cc1. The van der Waals surface area contributed by atoms with Crippen molar-refractivity contribution in [2.45, 2.75) is 24.7 Å². The summed E-state index contributed by atoms with van der Waals surface area (Å²) >= 11 is 0. The Kier molecular flexibility index (Phi) is 25.6. The van der Waals surface area contributed by atoms with E-state index in [9.17, 15) is 0 Å². The Hall–Kier alpha value is -3.28. The fourth-order valence-corrected chi connectivity index (χ4v) is 4.88. The van der Waals surface area contributed by atoms with E-state index >= 15 is 0 Å². The standard InChI is InChI=1S/2C16H17N3.4ClH.3H2O/c2*1-2-6-13(7-3-1)14(12-16-18-10-11-19-16)15-8-4-5-9-17-15;;;;;;;/h2*1-9,14H,10-12H2,(H,18,19);4*1H;3*1H2. The molecule has 2 aliphatic rings. The van der Waals surface area contributed by atoms with Crippen molar-refractivity contribution in [3.8, 4) is 0 Å². The predicted molar refractivity (Wildman–Crippen MR) is 195 cm³/mol. The molecule has 0 bridgehead atoms. The van der Waals surface area contributed by atoms with E-state index in [1.54, 1.807) is 0 Å². The van der Waals surface area contributed by atoms with Crippen LogP contribution in [0.15, 0.2) is 119 Å². The first-order valence-corrected chi connectivity index (χ1v) is 13.3. The zero-order valence-electron chi connectivity index (χ0n) is 24.7. The molecule has 0 fully saturated rings. The molecule has 0 radical (unpaired) electrons. The number of nitrogens with zero attached hydrogens (tertiary/aromatic N) is 4. The fraction of sp³-hybridized carbons (Fsp3) is 0.250. The third-order valence-electron chi connectivity index (χ3n) is 6.78. The number of pyridine rings is 2. The molecule has 45 heavy (non-hydrogen) atoms. The number of hydrogen-bond donors (Lipinski definition) is 2. The molecule has 4 aromatic rings. The lowest BCUT2D eigenvalue weighted by atomic mass is 9.91. The van der Waals surface area contributed by atoms with Gasteiger partial charge in [0.25, 0.3) is 0 Å². The van der Waals surface area contributed by atoms with Crippen LogP contribution in [0.4, 0.5) is 0 Å². The van der Waals surface area contributed by atoms with Crippen molar-refractivity contribution in [2.75, 3.05) is 26.2 Å². The van der Waals surface area contributed by atoms with Crippen LogP contribution in [0.1, 0.15) is 47.2 Å². The topological polar surface area (TPSA) is 169 Å². The van der Waals surface area contributed by atoms with E-state index in [1.165, 1.54) is 11.1 Å². The minimum atomic E-state index is 0.